The van der Waals surface area contributed by atoms with E-state index in [1.807, 2.05) is 0 Å². The van der Waals surface area contributed by atoms with Gasteiger partial charge in [-0.05, 0) is 102 Å². The van der Waals surface area contributed by atoms with Crippen molar-refractivity contribution in [3.05, 3.63) is 120 Å². The molecule has 7 aromatic carbocycles. The highest BCUT2D eigenvalue weighted by Gasteiger charge is 2.26. The Morgan fingerprint density at radius 1 is 0.389 bits per heavy atom. The second-order valence-corrected chi connectivity index (χ2v) is 10.3. The molecule has 0 nitrogen and oxygen atoms in total. The molecule has 7 aromatic rings. The van der Waals surface area contributed by atoms with Crippen LogP contribution in [-0.2, 0) is 0 Å². The molecule has 0 saturated carbocycles. The molecule has 1 aliphatic carbocycles. The Labute approximate surface area is 210 Å². The minimum absolute atomic E-state index is 1.29. The quantitative estimate of drug-likeness (QED) is 0.216. The molecule has 0 saturated heterocycles. The first-order valence-corrected chi connectivity index (χ1v) is 12.7. The van der Waals surface area contributed by atoms with Crippen LogP contribution in [0.5, 0.6) is 0 Å². The van der Waals surface area contributed by atoms with Crippen LogP contribution in [-0.4, -0.2) is 0 Å². The third kappa shape index (κ3) is 2.59. The molecule has 0 heterocycles. The maximum Gasteiger partial charge on any atom is -0.00197 e. The summed E-state index contributed by atoms with van der Waals surface area (Å²) in [5.74, 6) is 0. The van der Waals surface area contributed by atoms with Crippen LogP contribution in [0, 0.1) is 13.8 Å². The molecule has 0 aliphatic heterocycles. The van der Waals surface area contributed by atoms with Crippen molar-refractivity contribution in [2.75, 3.05) is 0 Å². The molecule has 0 N–H and O–H groups in total. The normalized spacial score (nSPS) is 12.2. The first-order valence-electron chi connectivity index (χ1n) is 12.7. The Morgan fingerprint density at radius 3 is 2.00 bits per heavy atom. The van der Waals surface area contributed by atoms with Crippen LogP contribution in [0.2, 0.25) is 0 Å². The van der Waals surface area contributed by atoms with E-state index < -0.39 is 0 Å². The van der Waals surface area contributed by atoms with Crippen LogP contribution in [0.1, 0.15) is 11.1 Å². The van der Waals surface area contributed by atoms with Gasteiger partial charge in [0.15, 0.2) is 0 Å². The summed E-state index contributed by atoms with van der Waals surface area (Å²) in [6.45, 7) is 4.40. The number of aryl methyl sites for hydroxylation is 2. The second kappa shape index (κ2) is 7.06. The van der Waals surface area contributed by atoms with Crippen molar-refractivity contribution < 1.29 is 0 Å². The molecule has 0 fully saturated rings. The van der Waals surface area contributed by atoms with E-state index in [0.29, 0.717) is 0 Å². The molecule has 0 heteroatoms. The monoisotopic (exact) mass is 456 g/mol. The molecule has 1 aliphatic rings. The summed E-state index contributed by atoms with van der Waals surface area (Å²) in [6, 6.07) is 40.9. The SMILES string of the molecule is Cc1cccc(-c2cc(C)cc3c2-c2cc4c(ccc5c6ccccc6ccc54)c4cccc-3c24)c1. The molecule has 8 rings (SSSR count). The van der Waals surface area contributed by atoms with E-state index in [-0.39, 0.29) is 0 Å². The maximum absolute atomic E-state index is 2.47. The van der Waals surface area contributed by atoms with Crippen LogP contribution in [0.15, 0.2) is 109 Å². The van der Waals surface area contributed by atoms with Gasteiger partial charge in [0.2, 0.25) is 0 Å². The second-order valence-electron chi connectivity index (χ2n) is 10.3. The third-order valence-corrected chi connectivity index (χ3v) is 8.05. The van der Waals surface area contributed by atoms with Crippen molar-refractivity contribution in [1.82, 2.24) is 0 Å². The van der Waals surface area contributed by atoms with E-state index in [9.17, 15) is 0 Å². The Hall–Kier alpha value is -4.42. The lowest BCUT2D eigenvalue weighted by atomic mass is 9.89. The van der Waals surface area contributed by atoms with Gasteiger partial charge in [0.05, 0.1) is 0 Å². The van der Waals surface area contributed by atoms with Crippen molar-refractivity contribution in [3.63, 3.8) is 0 Å². The Morgan fingerprint density at radius 2 is 1.11 bits per heavy atom. The van der Waals surface area contributed by atoms with Crippen LogP contribution in [0.25, 0.3) is 76.5 Å². The summed E-state index contributed by atoms with van der Waals surface area (Å²) in [5, 5.41) is 10.7. The van der Waals surface area contributed by atoms with Crippen molar-refractivity contribution in [2.45, 2.75) is 13.8 Å². The predicted octanol–water partition coefficient (Wildman–Crippen LogP) is 10.2. The summed E-state index contributed by atoms with van der Waals surface area (Å²) in [4.78, 5) is 0. The van der Waals surface area contributed by atoms with Gasteiger partial charge in [-0.25, -0.2) is 0 Å². The standard InChI is InChI=1S/C36H24/c1-21-7-5-9-24(17-21)31-18-22(2)19-33-30-12-6-11-29-28-16-15-26-25-10-4-3-8-23(25)13-14-27(26)32(28)20-34(35(29)30)36(31)33/h3-20H,1-2H3. The minimum atomic E-state index is 1.29. The predicted molar refractivity (Wildman–Crippen MR) is 156 cm³/mol. The molecule has 0 amide bonds. The van der Waals surface area contributed by atoms with Gasteiger partial charge in [0.25, 0.3) is 0 Å². The van der Waals surface area contributed by atoms with Gasteiger partial charge in [-0.15, -0.1) is 0 Å². The van der Waals surface area contributed by atoms with Gasteiger partial charge in [0, 0.05) is 0 Å². The summed E-state index contributed by atoms with van der Waals surface area (Å²) < 4.78 is 0. The van der Waals surface area contributed by atoms with Crippen LogP contribution in [0.4, 0.5) is 0 Å². The summed E-state index contributed by atoms with van der Waals surface area (Å²) in [5.41, 5.74) is 10.7. The molecule has 0 spiro atoms. The molecular formula is C36H24. The van der Waals surface area contributed by atoms with Gasteiger partial charge >= 0.3 is 0 Å². The van der Waals surface area contributed by atoms with E-state index in [4.69, 9.17) is 0 Å². The Kier molecular flexibility index (Phi) is 3.89. The number of fused-ring (bicyclic) bond motifs is 9. The van der Waals surface area contributed by atoms with Gasteiger partial charge in [-0.2, -0.15) is 0 Å². The lowest BCUT2D eigenvalue weighted by Crippen LogP contribution is -1.88. The first-order chi connectivity index (χ1) is 17.7. The fraction of sp³-hybridized carbons (Fsp3) is 0.0556. The van der Waals surface area contributed by atoms with E-state index in [0.717, 1.165) is 0 Å². The number of hydrogen-bond donors (Lipinski definition) is 0. The van der Waals surface area contributed by atoms with E-state index in [2.05, 4.69) is 123 Å². The average Bonchev–Trinajstić information content (AvgIpc) is 3.22. The summed E-state index contributed by atoms with van der Waals surface area (Å²) >= 11 is 0. The van der Waals surface area contributed by atoms with Crippen LogP contribution < -0.4 is 0 Å². The maximum atomic E-state index is 2.47. The van der Waals surface area contributed by atoms with Gasteiger partial charge in [0.1, 0.15) is 0 Å². The van der Waals surface area contributed by atoms with Gasteiger partial charge in [-0.1, -0.05) is 109 Å². The largest absolute Gasteiger partial charge is 0.0616 e. The van der Waals surface area contributed by atoms with Gasteiger partial charge in [-0.3, -0.25) is 0 Å². The third-order valence-electron chi connectivity index (χ3n) is 8.05. The molecule has 168 valence electrons. The molecule has 0 atom stereocenters. The molecule has 0 bridgehead atoms. The summed E-state index contributed by atoms with van der Waals surface area (Å²) in [6.07, 6.45) is 0. The highest BCUT2D eigenvalue weighted by atomic mass is 14.3. The number of rotatable bonds is 1. The summed E-state index contributed by atoms with van der Waals surface area (Å²) in [7, 11) is 0. The fourth-order valence-corrected chi connectivity index (χ4v) is 6.54. The lowest BCUT2D eigenvalue weighted by Gasteiger charge is -2.14. The number of hydrogen-bond acceptors (Lipinski definition) is 0. The minimum Gasteiger partial charge on any atom is -0.0616 e. The molecular weight excluding hydrogens is 432 g/mol. The van der Waals surface area contributed by atoms with Crippen LogP contribution >= 0.6 is 0 Å². The molecule has 36 heavy (non-hydrogen) atoms. The topological polar surface area (TPSA) is 0 Å². The van der Waals surface area contributed by atoms with Crippen molar-refractivity contribution in [2.24, 2.45) is 0 Å². The lowest BCUT2D eigenvalue weighted by molar-refractivity contribution is 1.44. The van der Waals surface area contributed by atoms with Gasteiger partial charge < -0.3 is 0 Å². The van der Waals surface area contributed by atoms with Crippen molar-refractivity contribution >= 4 is 43.1 Å². The molecule has 0 unspecified atom stereocenters. The number of benzene rings is 7. The van der Waals surface area contributed by atoms with E-state index in [1.165, 1.54) is 87.6 Å². The van der Waals surface area contributed by atoms with Crippen molar-refractivity contribution in [3.8, 4) is 33.4 Å². The van der Waals surface area contributed by atoms with Crippen LogP contribution in [0.3, 0.4) is 0 Å². The Bertz CT molecular complexity index is 2060. The molecule has 0 aromatic heterocycles. The highest BCUT2D eigenvalue weighted by molar-refractivity contribution is 6.29. The van der Waals surface area contributed by atoms with Crippen molar-refractivity contribution in [1.29, 1.82) is 0 Å². The highest BCUT2D eigenvalue weighted by Crippen LogP contribution is 2.53. The average molecular weight is 457 g/mol. The first kappa shape index (κ1) is 19.8. The zero-order valence-electron chi connectivity index (χ0n) is 20.4. The zero-order valence-corrected chi connectivity index (χ0v) is 20.4. The smallest absolute Gasteiger partial charge is 0.00197 e. The Balaban J connectivity index is 1.55. The van der Waals surface area contributed by atoms with E-state index >= 15 is 0 Å². The van der Waals surface area contributed by atoms with E-state index in [1.54, 1.807) is 0 Å². The fourth-order valence-electron chi connectivity index (χ4n) is 6.54. The molecule has 0 radical (unpaired) electrons. The zero-order chi connectivity index (χ0) is 24.0.